The number of ketones is 1. The number of nitrogens with zero attached hydrogens (tertiary/aromatic N) is 4. The maximum atomic E-state index is 12.9. The lowest BCUT2D eigenvalue weighted by Gasteiger charge is -2.19. The Morgan fingerprint density at radius 3 is 2.78 bits per heavy atom. The predicted octanol–water partition coefficient (Wildman–Crippen LogP) is 3.83. The molecule has 0 atom stereocenters. The summed E-state index contributed by atoms with van der Waals surface area (Å²) >= 11 is 7.79. The molecule has 2 aliphatic rings. The van der Waals surface area contributed by atoms with Gasteiger partial charge in [-0.2, -0.15) is 0 Å². The molecule has 0 radical (unpaired) electrons. The van der Waals surface area contributed by atoms with Crippen LogP contribution < -0.4 is 15.0 Å². The van der Waals surface area contributed by atoms with E-state index < -0.39 is 0 Å². The zero-order valence-corrected chi connectivity index (χ0v) is 18.7. The number of Topliss-reactive ketones (excluding diaryl/α,β-unsaturated/α-hetero) is 1. The van der Waals surface area contributed by atoms with Crippen molar-refractivity contribution in [1.29, 1.82) is 0 Å². The van der Waals surface area contributed by atoms with Crippen molar-refractivity contribution in [3.05, 3.63) is 53.1 Å². The van der Waals surface area contributed by atoms with Crippen molar-refractivity contribution in [3.63, 3.8) is 0 Å². The van der Waals surface area contributed by atoms with Crippen molar-refractivity contribution in [2.45, 2.75) is 18.0 Å². The van der Waals surface area contributed by atoms with Crippen LogP contribution in [0.2, 0.25) is 5.02 Å². The monoisotopic (exact) mass is 469 g/mol. The van der Waals surface area contributed by atoms with E-state index in [4.69, 9.17) is 16.3 Å². The Labute approximate surface area is 193 Å². The van der Waals surface area contributed by atoms with Crippen molar-refractivity contribution in [3.8, 4) is 11.4 Å². The molecule has 0 bridgehead atoms. The fraction of sp³-hybridized carbons (Fsp3) is 0.273. The number of para-hydroxylation sites is 1. The molecule has 1 fully saturated rings. The summed E-state index contributed by atoms with van der Waals surface area (Å²) in [4.78, 5) is 26.7. The van der Waals surface area contributed by atoms with Crippen molar-refractivity contribution < 1.29 is 14.3 Å². The summed E-state index contributed by atoms with van der Waals surface area (Å²) in [6, 6.07) is 12.6. The molecule has 2 aliphatic heterocycles. The van der Waals surface area contributed by atoms with Gasteiger partial charge in [0.2, 0.25) is 5.95 Å². The highest BCUT2D eigenvalue weighted by Gasteiger charge is 2.24. The average Bonchev–Trinajstić information content (AvgIpc) is 3.47. The van der Waals surface area contributed by atoms with E-state index in [1.165, 1.54) is 11.8 Å². The Morgan fingerprint density at radius 2 is 1.97 bits per heavy atom. The minimum absolute atomic E-state index is 0.0206. The molecule has 1 saturated heterocycles. The lowest BCUT2D eigenvalue weighted by molar-refractivity contribution is -0.118. The van der Waals surface area contributed by atoms with Gasteiger partial charge in [-0.05, 0) is 43.2 Å². The standard InChI is InChI=1S/C22H20ClN5O3S/c23-15-5-1-2-6-17(15)28-21(27-9-3-4-10-27)25-26-22(28)32-13-18(29)14-7-8-19-16(11-14)24-20(30)12-31-19/h1-2,5-8,11H,3-4,9-10,12-13H2,(H,24,30). The van der Waals surface area contributed by atoms with Crippen LogP contribution in [0.4, 0.5) is 11.6 Å². The minimum atomic E-state index is -0.237. The quantitative estimate of drug-likeness (QED) is 0.433. The zero-order valence-electron chi connectivity index (χ0n) is 17.1. The van der Waals surface area contributed by atoms with Gasteiger partial charge in [0, 0.05) is 18.7 Å². The highest BCUT2D eigenvalue weighted by atomic mass is 35.5. The Balaban J connectivity index is 1.40. The molecule has 3 heterocycles. The molecule has 1 amide bonds. The minimum Gasteiger partial charge on any atom is -0.482 e. The maximum Gasteiger partial charge on any atom is 0.262 e. The summed E-state index contributed by atoms with van der Waals surface area (Å²) in [7, 11) is 0. The van der Waals surface area contributed by atoms with Crippen LogP contribution in [-0.4, -0.2) is 51.9 Å². The maximum absolute atomic E-state index is 12.9. The molecular weight excluding hydrogens is 450 g/mol. The number of fused-ring (bicyclic) bond motifs is 1. The number of halogens is 1. The van der Waals surface area contributed by atoms with Gasteiger partial charge in [-0.25, -0.2) is 0 Å². The van der Waals surface area contributed by atoms with E-state index in [1.54, 1.807) is 18.2 Å². The fourth-order valence-electron chi connectivity index (χ4n) is 3.79. The molecule has 0 spiro atoms. The van der Waals surface area contributed by atoms with E-state index in [-0.39, 0.29) is 24.1 Å². The molecule has 1 N–H and O–H groups in total. The van der Waals surface area contributed by atoms with E-state index in [0.717, 1.165) is 37.6 Å². The van der Waals surface area contributed by atoms with Gasteiger partial charge in [-0.15, -0.1) is 10.2 Å². The summed E-state index contributed by atoms with van der Waals surface area (Å²) in [5, 5.41) is 12.7. The van der Waals surface area contributed by atoms with E-state index in [1.807, 2.05) is 28.8 Å². The second-order valence-corrected chi connectivity index (χ2v) is 8.87. The molecule has 2 aromatic carbocycles. The number of thioether (sulfide) groups is 1. The molecule has 0 aliphatic carbocycles. The third kappa shape index (κ3) is 4.05. The molecular formula is C22H20ClN5O3S. The van der Waals surface area contributed by atoms with Crippen molar-refractivity contribution in [1.82, 2.24) is 14.8 Å². The first-order valence-corrected chi connectivity index (χ1v) is 11.6. The summed E-state index contributed by atoms with van der Waals surface area (Å²) in [5.41, 5.74) is 1.78. The molecule has 10 heteroatoms. The molecule has 8 nitrogen and oxygen atoms in total. The third-order valence-corrected chi connectivity index (χ3v) is 6.61. The fourth-order valence-corrected chi connectivity index (χ4v) is 4.85. The largest absolute Gasteiger partial charge is 0.482 e. The van der Waals surface area contributed by atoms with Crippen LogP contribution in [0.5, 0.6) is 5.75 Å². The summed E-state index contributed by atoms with van der Waals surface area (Å²) in [6.07, 6.45) is 2.21. The smallest absolute Gasteiger partial charge is 0.262 e. The van der Waals surface area contributed by atoms with Gasteiger partial charge in [0.25, 0.3) is 5.91 Å². The number of carbonyl (C=O) groups is 2. The first-order valence-electron chi connectivity index (χ1n) is 10.3. The molecule has 0 unspecified atom stereocenters. The Hall–Kier alpha value is -3.04. The van der Waals surface area contributed by atoms with Crippen LogP contribution in [0.25, 0.3) is 5.69 Å². The highest BCUT2D eigenvalue weighted by molar-refractivity contribution is 7.99. The van der Waals surface area contributed by atoms with Crippen molar-refractivity contribution >= 4 is 46.7 Å². The number of benzene rings is 2. The molecule has 3 aromatic rings. The Morgan fingerprint density at radius 1 is 1.16 bits per heavy atom. The number of carbonyl (C=O) groups excluding carboxylic acids is 2. The molecule has 5 rings (SSSR count). The van der Waals surface area contributed by atoms with E-state index in [2.05, 4.69) is 20.4 Å². The second-order valence-electron chi connectivity index (χ2n) is 7.52. The first kappa shape index (κ1) is 20.8. The van der Waals surface area contributed by atoms with Crippen molar-refractivity contribution in [2.24, 2.45) is 0 Å². The molecule has 32 heavy (non-hydrogen) atoms. The number of ether oxygens (including phenoxy) is 1. The summed E-state index contributed by atoms with van der Waals surface area (Å²) < 4.78 is 7.28. The van der Waals surface area contributed by atoms with Crippen LogP contribution in [0.15, 0.2) is 47.6 Å². The molecule has 164 valence electrons. The van der Waals surface area contributed by atoms with Gasteiger partial charge in [-0.3, -0.25) is 14.2 Å². The van der Waals surface area contributed by atoms with E-state index in [9.17, 15) is 9.59 Å². The number of amides is 1. The molecule has 1 aromatic heterocycles. The summed E-state index contributed by atoms with van der Waals surface area (Å²) in [6.45, 7) is 1.80. The third-order valence-electron chi connectivity index (χ3n) is 5.37. The van der Waals surface area contributed by atoms with Gasteiger partial charge in [0.1, 0.15) is 5.75 Å². The predicted molar refractivity (Wildman–Crippen MR) is 123 cm³/mol. The lowest BCUT2D eigenvalue weighted by atomic mass is 10.1. The van der Waals surface area contributed by atoms with Crippen LogP contribution in [-0.2, 0) is 4.79 Å². The highest BCUT2D eigenvalue weighted by Crippen LogP contribution is 2.33. The topological polar surface area (TPSA) is 89.3 Å². The SMILES string of the molecule is O=C1COc2ccc(C(=O)CSc3nnc(N4CCCC4)n3-c3ccccc3Cl)cc2N1. The van der Waals surface area contributed by atoms with Crippen LogP contribution in [0.3, 0.4) is 0 Å². The lowest BCUT2D eigenvalue weighted by Crippen LogP contribution is -2.25. The molecule has 0 saturated carbocycles. The van der Waals surface area contributed by atoms with Gasteiger partial charge in [0.15, 0.2) is 17.5 Å². The first-order chi connectivity index (χ1) is 15.6. The Kier molecular flexibility index (Phi) is 5.75. The number of hydrogen-bond donors (Lipinski definition) is 1. The zero-order chi connectivity index (χ0) is 22.1. The van der Waals surface area contributed by atoms with Crippen LogP contribution in [0, 0.1) is 0 Å². The summed E-state index contributed by atoms with van der Waals surface area (Å²) in [5.74, 6) is 1.13. The number of aromatic nitrogens is 3. The van der Waals surface area contributed by atoms with Gasteiger partial charge < -0.3 is 15.0 Å². The van der Waals surface area contributed by atoms with Gasteiger partial charge in [0.05, 0.1) is 22.2 Å². The average molecular weight is 470 g/mol. The number of rotatable bonds is 6. The number of nitrogens with one attached hydrogen (secondary N) is 1. The normalized spacial score (nSPS) is 15.3. The number of hydrogen-bond acceptors (Lipinski definition) is 7. The van der Waals surface area contributed by atoms with Gasteiger partial charge >= 0.3 is 0 Å². The van der Waals surface area contributed by atoms with E-state index >= 15 is 0 Å². The van der Waals surface area contributed by atoms with Crippen LogP contribution >= 0.6 is 23.4 Å². The van der Waals surface area contributed by atoms with Gasteiger partial charge in [-0.1, -0.05) is 35.5 Å². The number of anilines is 2. The Bertz CT molecular complexity index is 1190. The second kappa shape index (κ2) is 8.84. The van der Waals surface area contributed by atoms with Crippen molar-refractivity contribution in [2.75, 3.05) is 35.7 Å². The van der Waals surface area contributed by atoms with E-state index in [0.29, 0.717) is 27.2 Å². The van der Waals surface area contributed by atoms with Crippen LogP contribution in [0.1, 0.15) is 23.2 Å².